The van der Waals surface area contributed by atoms with E-state index in [1.165, 1.54) is 0 Å². The number of alkyl halides is 1. The summed E-state index contributed by atoms with van der Waals surface area (Å²) in [5.74, 6) is -0.951. The Balaban J connectivity index is 0. The van der Waals surface area contributed by atoms with Crippen LogP contribution in [-0.2, 0) is 4.79 Å². The average Bonchev–Trinajstić information content (AvgIpc) is 1.35. The molecule has 0 radical (unpaired) electrons. The van der Waals surface area contributed by atoms with Crippen LogP contribution in [-0.4, -0.2) is 39.1 Å². The third-order valence-electron chi connectivity index (χ3n) is 0.299. The van der Waals surface area contributed by atoms with Crippen LogP contribution in [0.2, 0.25) is 0 Å². The molecule has 0 amide bonds. The van der Waals surface area contributed by atoms with Crippen LogP contribution in [0.4, 0.5) is 0 Å². The molecule has 38 valence electrons. The van der Waals surface area contributed by atoms with Crippen LogP contribution in [0.25, 0.3) is 0 Å². The van der Waals surface area contributed by atoms with E-state index in [1.807, 2.05) is 0 Å². The summed E-state index contributed by atoms with van der Waals surface area (Å²) in [5, 5.41) is 9.40. The minimum absolute atomic E-state index is 0. The fourth-order valence-electron chi connectivity index (χ4n) is 0.0772. The maximum Gasteiger partial charge on any atom is 1.00 e. The summed E-state index contributed by atoms with van der Waals surface area (Å²) in [6.07, 6.45) is -0.0540. The number of hydrogen-bond acceptors (Lipinski definition) is 2. The molecule has 0 saturated carbocycles. The van der Waals surface area contributed by atoms with Gasteiger partial charge in [-0.1, -0.05) is 0 Å². The molecule has 0 aromatic heterocycles. The van der Waals surface area contributed by atoms with Gasteiger partial charge in [0, 0.05) is 18.3 Å². The molecule has 0 spiro atoms. The van der Waals surface area contributed by atoms with Gasteiger partial charge in [0.05, 0.1) is 0 Å². The summed E-state index contributed by atoms with van der Waals surface area (Å²) in [7, 11) is 0. The molecule has 0 N–H and O–H groups in total. The van der Waals surface area contributed by atoms with E-state index in [1.54, 1.807) is 0 Å². The van der Waals surface area contributed by atoms with Gasteiger partial charge in [0.25, 0.3) is 0 Å². The zero-order valence-electron chi connectivity index (χ0n) is 3.69. The average molecular weight is 312 g/mol. The molecule has 4 heteroatoms. The molecular weight excluding hydrogens is 308 g/mol. The molecule has 2 nitrogen and oxygen atoms in total. The number of aliphatic carboxylic acids is 1. The van der Waals surface area contributed by atoms with Crippen LogP contribution in [0.15, 0.2) is 0 Å². The number of carboxylic acid groups (broad SMARTS) is 1. The van der Waals surface area contributed by atoms with Gasteiger partial charge in [-0.05, 0) is 0 Å². The van der Waals surface area contributed by atoms with Crippen LogP contribution in [0.1, 0.15) is 6.42 Å². The van der Waals surface area contributed by atoms with Gasteiger partial charge in [0.1, 0.15) is 0 Å². The molecular formula is C3H4ClO2Tl. The molecule has 0 saturated heterocycles. The van der Waals surface area contributed by atoms with Crippen LogP contribution < -0.4 is 5.11 Å². The van der Waals surface area contributed by atoms with E-state index in [-0.39, 0.29) is 39.6 Å². The van der Waals surface area contributed by atoms with E-state index >= 15 is 0 Å². The van der Waals surface area contributed by atoms with Crippen LogP contribution in [0, 0.1) is 0 Å². The van der Waals surface area contributed by atoms with Crippen molar-refractivity contribution in [3.63, 3.8) is 0 Å². The van der Waals surface area contributed by atoms with Crippen molar-refractivity contribution in [3.05, 3.63) is 0 Å². The van der Waals surface area contributed by atoms with Gasteiger partial charge < -0.3 is 9.90 Å². The molecule has 0 fully saturated rings. The van der Waals surface area contributed by atoms with E-state index in [9.17, 15) is 9.90 Å². The Morgan fingerprint density at radius 2 is 2.14 bits per heavy atom. The first-order chi connectivity index (χ1) is 2.77. The van der Waals surface area contributed by atoms with Crippen molar-refractivity contribution in [1.29, 1.82) is 0 Å². The summed E-state index contributed by atoms with van der Waals surface area (Å²) < 4.78 is 0. The molecule has 0 aromatic carbocycles. The largest absolute Gasteiger partial charge is 1.00 e. The molecule has 0 aromatic rings. The number of carboxylic acids is 1. The second-order valence-electron chi connectivity index (χ2n) is 0.811. The molecule has 0 unspecified atom stereocenters. The van der Waals surface area contributed by atoms with E-state index in [2.05, 4.69) is 0 Å². The van der Waals surface area contributed by atoms with Gasteiger partial charge in [-0.15, -0.1) is 11.6 Å². The summed E-state index contributed by atoms with van der Waals surface area (Å²) in [5.41, 5.74) is 0. The summed E-state index contributed by atoms with van der Waals surface area (Å²) in [6.45, 7) is 0. The minimum atomic E-state index is -1.09. The Morgan fingerprint density at radius 1 is 1.71 bits per heavy atom. The van der Waals surface area contributed by atoms with E-state index < -0.39 is 5.97 Å². The minimum Gasteiger partial charge on any atom is -0.550 e. The predicted molar refractivity (Wildman–Crippen MR) is 26.1 cm³/mol. The van der Waals surface area contributed by atoms with Crippen molar-refractivity contribution < 1.29 is 9.90 Å². The monoisotopic (exact) mass is 312 g/mol. The third kappa shape index (κ3) is 10.8. The standard InChI is InChI=1S/C3H5ClO2.Tl/c4-2-1-3(5)6;/h1-2H2,(H,5,6);/q;+1/p-1. The molecule has 0 bridgehead atoms. The van der Waals surface area contributed by atoms with Gasteiger partial charge >= 0.3 is 27.3 Å². The fourth-order valence-corrected chi connectivity index (χ4v) is 0.231. The van der Waals surface area contributed by atoms with Gasteiger partial charge in [-0.25, -0.2) is 0 Å². The number of halogens is 1. The maximum absolute atomic E-state index is 9.40. The summed E-state index contributed by atoms with van der Waals surface area (Å²) in [6, 6.07) is 0. The van der Waals surface area contributed by atoms with Crippen molar-refractivity contribution in [1.82, 2.24) is 0 Å². The smallest absolute Gasteiger partial charge is 0.550 e. The van der Waals surface area contributed by atoms with E-state index in [0.717, 1.165) is 0 Å². The Kier molecular flexibility index (Phi) is 10.1. The van der Waals surface area contributed by atoms with Crippen LogP contribution >= 0.6 is 11.6 Å². The van der Waals surface area contributed by atoms with Gasteiger partial charge in [0.15, 0.2) is 0 Å². The molecule has 0 heterocycles. The van der Waals surface area contributed by atoms with Gasteiger partial charge in [0.2, 0.25) is 0 Å². The zero-order valence-corrected chi connectivity index (χ0v) is 8.93. The number of hydrogen-bond donors (Lipinski definition) is 0. The number of carbonyl (C=O) groups excluding carboxylic acids is 1. The maximum atomic E-state index is 9.40. The molecule has 0 aliphatic heterocycles. The normalized spacial score (nSPS) is 7.00. The fraction of sp³-hybridized carbons (Fsp3) is 0.667. The summed E-state index contributed by atoms with van der Waals surface area (Å²) >= 11 is 4.98. The molecule has 7 heavy (non-hydrogen) atoms. The van der Waals surface area contributed by atoms with Gasteiger partial charge in [-0.3, -0.25) is 0 Å². The van der Waals surface area contributed by atoms with E-state index in [4.69, 9.17) is 11.6 Å². The predicted octanol–water partition coefficient (Wildman–Crippen LogP) is -1.02. The van der Waals surface area contributed by atoms with Crippen LogP contribution in [0.5, 0.6) is 0 Å². The van der Waals surface area contributed by atoms with Crippen molar-refractivity contribution >= 4 is 44.9 Å². The molecule has 0 aliphatic rings. The van der Waals surface area contributed by atoms with Crippen molar-refractivity contribution in [3.8, 4) is 0 Å². The quantitative estimate of drug-likeness (QED) is 0.484. The van der Waals surface area contributed by atoms with Crippen molar-refractivity contribution in [2.45, 2.75) is 6.42 Å². The number of carbonyl (C=O) groups is 1. The van der Waals surface area contributed by atoms with E-state index in [0.29, 0.717) is 0 Å². The Hall–Kier alpha value is 0.682. The van der Waals surface area contributed by atoms with Gasteiger partial charge in [-0.2, -0.15) is 0 Å². The van der Waals surface area contributed by atoms with Crippen molar-refractivity contribution in [2.24, 2.45) is 0 Å². The first kappa shape index (κ1) is 10.6. The second kappa shape index (κ2) is 6.68. The molecule has 0 rings (SSSR count). The second-order valence-corrected chi connectivity index (χ2v) is 1.19. The first-order valence-electron chi connectivity index (χ1n) is 1.53. The Morgan fingerprint density at radius 3 is 2.14 bits per heavy atom. The summed E-state index contributed by atoms with van der Waals surface area (Å²) in [4.78, 5) is 9.40. The molecule has 0 aliphatic carbocycles. The zero-order chi connectivity index (χ0) is 4.99. The third-order valence-corrected chi connectivity index (χ3v) is 0.488. The first-order valence-corrected chi connectivity index (χ1v) is 2.06. The number of rotatable bonds is 2. The Labute approximate surface area is 67.0 Å². The SMILES string of the molecule is O=C([O-])CCCl.[Tl+]. The van der Waals surface area contributed by atoms with Crippen LogP contribution in [0.3, 0.4) is 0 Å². The Bertz CT molecular complexity index is 56.9. The molecule has 0 atom stereocenters. The van der Waals surface area contributed by atoms with Crippen molar-refractivity contribution in [2.75, 3.05) is 5.88 Å². The topological polar surface area (TPSA) is 40.1 Å².